The second-order valence-corrected chi connectivity index (χ2v) is 4.74. The third kappa shape index (κ3) is 3.88. The number of hydrogen-bond acceptors (Lipinski definition) is 4. The van der Waals surface area contributed by atoms with Crippen LogP contribution in [0, 0.1) is 5.82 Å². The lowest BCUT2D eigenvalue weighted by atomic mass is 9.79. The molecule has 0 heterocycles. The van der Waals surface area contributed by atoms with Gasteiger partial charge in [0.15, 0.2) is 0 Å². The first-order valence-electron chi connectivity index (χ1n) is 6.12. The molecule has 21 heavy (non-hydrogen) atoms. The SMILES string of the molecule is COc1ccc(Cl)cc1COc1cc(F)ccc1B(O)O. The zero-order chi connectivity index (χ0) is 15.4. The lowest BCUT2D eigenvalue weighted by Gasteiger charge is -2.13. The molecule has 0 atom stereocenters. The maximum atomic E-state index is 13.3. The van der Waals surface area contributed by atoms with Gasteiger partial charge in [-0.3, -0.25) is 0 Å². The maximum absolute atomic E-state index is 13.3. The summed E-state index contributed by atoms with van der Waals surface area (Å²) in [5, 5.41) is 19.0. The Balaban J connectivity index is 2.24. The number of methoxy groups -OCH3 is 1. The van der Waals surface area contributed by atoms with Crippen molar-refractivity contribution < 1.29 is 23.9 Å². The first-order valence-corrected chi connectivity index (χ1v) is 6.50. The van der Waals surface area contributed by atoms with Crippen molar-refractivity contribution >= 4 is 24.2 Å². The Morgan fingerprint density at radius 1 is 1.14 bits per heavy atom. The van der Waals surface area contributed by atoms with Gasteiger partial charge in [-0.25, -0.2) is 4.39 Å². The van der Waals surface area contributed by atoms with Crippen LogP contribution in [0.2, 0.25) is 5.02 Å². The molecule has 0 aliphatic carbocycles. The molecular weight excluding hydrogens is 297 g/mol. The fourth-order valence-electron chi connectivity index (χ4n) is 1.86. The van der Waals surface area contributed by atoms with Crippen LogP contribution in [0.3, 0.4) is 0 Å². The average Bonchev–Trinajstić information content (AvgIpc) is 2.45. The van der Waals surface area contributed by atoms with Crippen molar-refractivity contribution in [3.05, 3.63) is 52.8 Å². The van der Waals surface area contributed by atoms with Gasteiger partial charge in [-0.05, 0) is 24.3 Å². The first kappa shape index (κ1) is 15.6. The highest BCUT2D eigenvalue weighted by Gasteiger charge is 2.18. The highest BCUT2D eigenvalue weighted by molar-refractivity contribution is 6.59. The van der Waals surface area contributed by atoms with E-state index in [1.54, 1.807) is 18.2 Å². The number of rotatable bonds is 5. The van der Waals surface area contributed by atoms with E-state index >= 15 is 0 Å². The molecule has 110 valence electrons. The molecule has 0 radical (unpaired) electrons. The topological polar surface area (TPSA) is 58.9 Å². The van der Waals surface area contributed by atoms with Crippen molar-refractivity contribution in [1.29, 1.82) is 0 Å². The van der Waals surface area contributed by atoms with E-state index in [1.165, 1.54) is 13.2 Å². The van der Waals surface area contributed by atoms with Gasteiger partial charge in [-0.15, -0.1) is 0 Å². The van der Waals surface area contributed by atoms with Gasteiger partial charge in [0, 0.05) is 22.1 Å². The summed E-state index contributed by atoms with van der Waals surface area (Å²) < 4.78 is 23.9. The summed E-state index contributed by atoms with van der Waals surface area (Å²) in [5.41, 5.74) is 0.741. The standard InChI is InChI=1S/C14H13BClFO4/c1-20-13-5-2-10(16)6-9(13)8-21-14-7-11(17)3-4-12(14)15(18)19/h2-7,18-19H,8H2,1H3. The Morgan fingerprint density at radius 3 is 2.57 bits per heavy atom. The molecule has 0 amide bonds. The minimum atomic E-state index is -1.75. The Morgan fingerprint density at radius 2 is 1.90 bits per heavy atom. The van der Waals surface area contributed by atoms with Crippen molar-refractivity contribution in [2.24, 2.45) is 0 Å². The first-order chi connectivity index (χ1) is 10.0. The maximum Gasteiger partial charge on any atom is 0.492 e. The molecule has 2 N–H and O–H groups in total. The minimum absolute atomic E-state index is 0.0482. The quantitative estimate of drug-likeness (QED) is 0.826. The average molecular weight is 311 g/mol. The van der Waals surface area contributed by atoms with Crippen LogP contribution in [0.5, 0.6) is 11.5 Å². The zero-order valence-corrected chi connectivity index (χ0v) is 12.0. The predicted octanol–water partition coefficient (Wildman–Crippen LogP) is 1.75. The lowest BCUT2D eigenvalue weighted by molar-refractivity contribution is 0.296. The number of ether oxygens (including phenoxy) is 2. The second-order valence-electron chi connectivity index (χ2n) is 4.30. The normalized spacial score (nSPS) is 10.3. The highest BCUT2D eigenvalue weighted by Crippen LogP contribution is 2.24. The molecule has 0 bridgehead atoms. The van der Waals surface area contributed by atoms with Gasteiger partial charge in [0.2, 0.25) is 0 Å². The third-order valence-corrected chi connectivity index (χ3v) is 3.11. The molecule has 0 saturated heterocycles. The van der Waals surface area contributed by atoms with E-state index in [9.17, 15) is 14.4 Å². The molecule has 0 fully saturated rings. The zero-order valence-electron chi connectivity index (χ0n) is 11.2. The van der Waals surface area contributed by atoms with Gasteiger partial charge >= 0.3 is 7.12 Å². The molecule has 4 nitrogen and oxygen atoms in total. The summed E-state index contributed by atoms with van der Waals surface area (Å²) in [4.78, 5) is 0. The van der Waals surface area contributed by atoms with Crippen LogP contribution in [0.15, 0.2) is 36.4 Å². The van der Waals surface area contributed by atoms with Gasteiger partial charge in [0.1, 0.15) is 23.9 Å². The Kier molecular flexibility index (Phi) is 5.06. The summed E-state index contributed by atoms with van der Waals surface area (Å²) in [6, 6.07) is 8.50. The van der Waals surface area contributed by atoms with Crippen LogP contribution in [0.1, 0.15) is 5.56 Å². The summed E-state index contributed by atoms with van der Waals surface area (Å²) in [6.45, 7) is 0.0485. The van der Waals surface area contributed by atoms with E-state index in [4.69, 9.17) is 21.1 Å². The molecule has 0 aromatic heterocycles. The van der Waals surface area contributed by atoms with Crippen molar-refractivity contribution in [1.82, 2.24) is 0 Å². The lowest BCUT2D eigenvalue weighted by Crippen LogP contribution is -2.31. The van der Waals surface area contributed by atoms with Crippen molar-refractivity contribution in [3.63, 3.8) is 0 Å². The summed E-state index contributed by atoms with van der Waals surface area (Å²) in [7, 11) is -0.237. The summed E-state index contributed by atoms with van der Waals surface area (Å²) in [5.74, 6) is 0.0846. The van der Waals surface area contributed by atoms with Crippen molar-refractivity contribution in [2.75, 3.05) is 7.11 Å². The smallest absolute Gasteiger partial charge is 0.492 e. The van der Waals surface area contributed by atoms with Crippen LogP contribution >= 0.6 is 11.6 Å². The number of halogens is 2. The van der Waals surface area contributed by atoms with E-state index in [-0.39, 0.29) is 17.8 Å². The van der Waals surface area contributed by atoms with Crippen LogP contribution < -0.4 is 14.9 Å². The van der Waals surface area contributed by atoms with Gasteiger partial charge in [0.25, 0.3) is 0 Å². The molecule has 7 heteroatoms. The molecule has 0 unspecified atom stereocenters. The third-order valence-electron chi connectivity index (χ3n) is 2.88. The monoisotopic (exact) mass is 310 g/mol. The number of hydrogen-bond donors (Lipinski definition) is 2. The van der Waals surface area contributed by atoms with E-state index in [0.717, 1.165) is 12.1 Å². The fraction of sp³-hybridized carbons (Fsp3) is 0.143. The fourth-order valence-corrected chi connectivity index (χ4v) is 2.06. The second kappa shape index (κ2) is 6.80. The molecular formula is C14H13BClFO4. The van der Waals surface area contributed by atoms with Crippen molar-refractivity contribution in [2.45, 2.75) is 6.61 Å². The Bertz CT molecular complexity index is 636. The molecule has 2 aromatic rings. The molecule has 0 saturated carbocycles. The largest absolute Gasteiger partial charge is 0.496 e. The minimum Gasteiger partial charge on any atom is -0.496 e. The predicted molar refractivity (Wildman–Crippen MR) is 78.6 cm³/mol. The van der Waals surface area contributed by atoms with Gasteiger partial charge in [-0.1, -0.05) is 17.7 Å². The van der Waals surface area contributed by atoms with E-state index in [0.29, 0.717) is 16.3 Å². The van der Waals surface area contributed by atoms with E-state index in [2.05, 4.69) is 0 Å². The van der Waals surface area contributed by atoms with Crippen LogP contribution in [-0.4, -0.2) is 24.3 Å². The summed E-state index contributed by atoms with van der Waals surface area (Å²) >= 11 is 5.91. The molecule has 0 aliphatic heterocycles. The van der Waals surface area contributed by atoms with Crippen molar-refractivity contribution in [3.8, 4) is 11.5 Å². The van der Waals surface area contributed by atoms with Gasteiger partial charge in [0.05, 0.1) is 7.11 Å². The van der Waals surface area contributed by atoms with E-state index in [1.807, 2.05) is 0 Å². The molecule has 0 aliphatic rings. The molecule has 0 spiro atoms. The van der Waals surface area contributed by atoms with Gasteiger partial charge < -0.3 is 19.5 Å². The van der Waals surface area contributed by atoms with Crippen LogP contribution in [0.25, 0.3) is 0 Å². The van der Waals surface area contributed by atoms with Gasteiger partial charge in [-0.2, -0.15) is 0 Å². The molecule has 2 aromatic carbocycles. The highest BCUT2D eigenvalue weighted by atomic mass is 35.5. The van der Waals surface area contributed by atoms with Crippen LogP contribution in [-0.2, 0) is 6.61 Å². The Hall–Kier alpha value is -1.76. The van der Waals surface area contributed by atoms with Crippen LogP contribution in [0.4, 0.5) is 4.39 Å². The van der Waals surface area contributed by atoms with E-state index < -0.39 is 12.9 Å². The molecule has 2 rings (SSSR count). The summed E-state index contributed by atoms with van der Waals surface area (Å²) in [6.07, 6.45) is 0. The Labute approximate surface area is 126 Å². The number of benzene rings is 2.